The summed E-state index contributed by atoms with van der Waals surface area (Å²) in [6, 6.07) is 10.4. The second kappa shape index (κ2) is 5.12. The van der Waals surface area contributed by atoms with Gasteiger partial charge in [-0.2, -0.15) is 0 Å². The number of carbonyl (C=O) groups is 1. The third kappa shape index (κ3) is 2.61. The summed E-state index contributed by atoms with van der Waals surface area (Å²) in [5.74, 6) is 0. The zero-order valence-corrected chi connectivity index (χ0v) is 9.50. The molecule has 0 N–H and O–H groups in total. The fourth-order valence-electron chi connectivity index (χ4n) is 2.06. The number of likely N-dealkylation sites (tertiary alicyclic amines) is 1. The molecule has 1 heterocycles. The maximum Gasteiger partial charge on any atom is 0.210 e. The summed E-state index contributed by atoms with van der Waals surface area (Å²) in [6.07, 6.45) is 2.03. The van der Waals surface area contributed by atoms with Gasteiger partial charge in [-0.05, 0) is 18.9 Å². The van der Waals surface area contributed by atoms with Crippen LogP contribution in [0.3, 0.4) is 0 Å². The fourth-order valence-corrected chi connectivity index (χ4v) is 2.06. The van der Waals surface area contributed by atoms with Crippen LogP contribution in [0.1, 0.15) is 18.9 Å². The molecule has 1 amide bonds. The number of nitrogens with zero attached hydrogens (tertiary/aromatic N) is 1. The first-order chi connectivity index (χ1) is 7.79. The molecule has 86 valence electrons. The number of ether oxygens (including phenoxy) is 1. The van der Waals surface area contributed by atoms with Gasteiger partial charge in [0.25, 0.3) is 0 Å². The third-order valence-electron chi connectivity index (χ3n) is 3.05. The van der Waals surface area contributed by atoms with E-state index in [4.69, 9.17) is 4.74 Å². The van der Waals surface area contributed by atoms with E-state index in [1.807, 2.05) is 18.2 Å². The van der Waals surface area contributed by atoms with Crippen LogP contribution in [0.2, 0.25) is 0 Å². The van der Waals surface area contributed by atoms with E-state index in [-0.39, 0.29) is 6.10 Å². The van der Waals surface area contributed by atoms with Gasteiger partial charge in [-0.1, -0.05) is 30.3 Å². The van der Waals surface area contributed by atoms with Gasteiger partial charge in [-0.3, -0.25) is 4.79 Å². The van der Waals surface area contributed by atoms with Crippen molar-refractivity contribution in [3.8, 4) is 0 Å². The van der Waals surface area contributed by atoms with E-state index in [2.05, 4.69) is 19.1 Å². The second-order valence-electron chi connectivity index (χ2n) is 4.31. The predicted octanol–water partition coefficient (Wildman–Crippen LogP) is 1.82. The Labute approximate surface area is 96.0 Å². The van der Waals surface area contributed by atoms with Crippen molar-refractivity contribution in [1.29, 1.82) is 0 Å². The van der Waals surface area contributed by atoms with Gasteiger partial charge in [-0.15, -0.1) is 0 Å². The summed E-state index contributed by atoms with van der Waals surface area (Å²) in [7, 11) is 0. The first-order valence-corrected chi connectivity index (χ1v) is 5.66. The molecule has 1 fully saturated rings. The third-order valence-corrected chi connectivity index (χ3v) is 3.05. The molecule has 0 saturated carbocycles. The number of amides is 1. The molecule has 0 spiro atoms. The monoisotopic (exact) mass is 219 g/mol. The number of benzene rings is 1. The van der Waals surface area contributed by atoms with E-state index in [9.17, 15) is 4.79 Å². The van der Waals surface area contributed by atoms with Gasteiger partial charge in [0, 0.05) is 12.6 Å². The summed E-state index contributed by atoms with van der Waals surface area (Å²) in [4.78, 5) is 12.5. The van der Waals surface area contributed by atoms with Crippen LogP contribution in [-0.2, 0) is 16.1 Å². The lowest BCUT2D eigenvalue weighted by Gasteiger charge is -2.13. The van der Waals surface area contributed by atoms with E-state index in [1.165, 1.54) is 5.56 Å². The number of hydrogen-bond acceptors (Lipinski definition) is 2. The molecule has 0 radical (unpaired) electrons. The van der Waals surface area contributed by atoms with Crippen LogP contribution in [-0.4, -0.2) is 30.0 Å². The van der Waals surface area contributed by atoms with Crippen LogP contribution in [0.15, 0.2) is 30.3 Å². The highest BCUT2D eigenvalue weighted by Gasteiger charge is 2.28. The maximum absolute atomic E-state index is 10.7. The highest BCUT2D eigenvalue weighted by molar-refractivity contribution is 5.48. The van der Waals surface area contributed by atoms with Crippen molar-refractivity contribution < 1.29 is 9.53 Å². The van der Waals surface area contributed by atoms with Crippen LogP contribution in [0.4, 0.5) is 0 Å². The molecule has 1 aliphatic rings. The number of rotatable bonds is 4. The van der Waals surface area contributed by atoms with Crippen molar-refractivity contribution in [2.75, 3.05) is 6.54 Å². The molecule has 3 heteroatoms. The zero-order chi connectivity index (χ0) is 11.4. The Morgan fingerprint density at radius 1 is 1.44 bits per heavy atom. The van der Waals surface area contributed by atoms with Crippen LogP contribution < -0.4 is 0 Å². The van der Waals surface area contributed by atoms with Crippen molar-refractivity contribution in [2.24, 2.45) is 0 Å². The van der Waals surface area contributed by atoms with E-state index < -0.39 is 0 Å². The minimum Gasteiger partial charge on any atom is -0.372 e. The molecule has 1 aromatic carbocycles. The predicted molar refractivity (Wildman–Crippen MR) is 61.9 cm³/mol. The first kappa shape index (κ1) is 11.1. The fraction of sp³-hybridized carbons (Fsp3) is 0.462. The minimum absolute atomic E-state index is 0.181. The molecule has 1 aromatic rings. The molecule has 1 saturated heterocycles. The highest BCUT2D eigenvalue weighted by Crippen LogP contribution is 2.19. The molecule has 0 aliphatic carbocycles. The van der Waals surface area contributed by atoms with Gasteiger partial charge in [0.2, 0.25) is 6.41 Å². The minimum atomic E-state index is 0.181. The van der Waals surface area contributed by atoms with Crippen molar-refractivity contribution in [2.45, 2.75) is 32.1 Å². The average Bonchev–Trinajstić information content (AvgIpc) is 2.69. The topological polar surface area (TPSA) is 29.5 Å². The average molecular weight is 219 g/mol. The van der Waals surface area contributed by atoms with Gasteiger partial charge < -0.3 is 9.64 Å². The molecule has 2 rings (SSSR count). The Morgan fingerprint density at radius 3 is 2.81 bits per heavy atom. The van der Waals surface area contributed by atoms with Gasteiger partial charge >= 0.3 is 0 Å². The SMILES string of the molecule is CC1CC(OCc2ccccc2)CN1C=O. The van der Waals surface area contributed by atoms with Crippen LogP contribution in [0.25, 0.3) is 0 Å². The van der Waals surface area contributed by atoms with Crippen LogP contribution in [0.5, 0.6) is 0 Å². The smallest absolute Gasteiger partial charge is 0.210 e. The number of carbonyl (C=O) groups excluding carboxylic acids is 1. The molecule has 0 aromatic heterocycles. The molecular formula is C13H17NO2. The standard InChI is InChI=1S/C13H17NO2/c1-11-7-13(8-14(11)10-15)16-9-12-5-3-2-4-6-12/h2-6,10-11,13H,7-9H2,1H3. The first-order valence-electron chi connectivity index (χ1n) is 5.66. The lowest BCUT2D eigenvalue weighted by molar-refractivity contribution is -0.119. The molecule has 16 heavy (non-hydrogen) atoms. The summed E-state index contributed by atoms with van der Waals surface area (Å²) in [5, 5.41) is 0. The second-order valence-corrected chi connectivity index (χ2v) is 4.31. The zero-order valence-electron chi connectivity index (χ0n) is 9.50. The molecule has 0 bridgehead atoms. The van der Waals surface area contributed by atoms with E-state index in [0.29, 0.717) is 12.6 Å². The molecular weight excluding hydrogens is 202 g/mol. The van der Waals surface area contributed by atoms with Gasteiger partial charge in [0.05, 0.1) is 12.7 Å². The largest absolute Gasteiger partial charge is 0.372 e. The summed E-state index contributed by atoms with van der Waals surface area (Å²) >= 11 is 0. The Bertz CT molecular complexity index is 339. The summed E-state index contributed by atoms with van der Waals surface area (Å²) < 4.78 is 5.79. The van der Waals surface area contributed by atoms with E-state index >= 15 is 0 Å². The van der Waals surface area contributed by atoms with Crippen molar-refractivity contribution in [3.05, 3.63) is 35.9 Å². The Morgan fingerprint density at radius 2 is 2.19 bits per heavy atom. The summed E-state index contributed by atoms with van der Waals surface area (Å²) in [5.41, 5.74) is 1.18. The normalized spacial score (nSPS) is 24.7. The maximum atomic E-state index is 10.7. The van der Waals surface area contributed by atoms with Gasteiger partial charge in [0.1, 0.15) is 0 Å². The highest BCUT2D eigenvalue weighted by atomic mass is 16.5. The Hall–Kier alpha value is -1.35. The Kier molecular flexibility index (Phi) is 3.57. The Balaban J connectivity index is 1.82. The lowest BCUT2D eigenvalue weighted by atomic mass is 10.2. The van der Waals surface area contributed by atoms with Gasteiger partial charge in [0.15, 0.2) is 0 Å². The number of hydrogen-bond donors (Lipinski definition) is 0. The van der Waals surface area contributed by atoms with E-state index in [1.54, 1.807) is 4.90 Å². The molecule has 2 atom stereocenters. The van der Waals surface area contributed by atoms with Crippen LogP contribution in [0, 0.1) is 0 Å². The molecule has 3 nitrogen and oxygen atoms in total. The molecule has 1 aliphatic heterocycles. The van der Waals surface area contributed by atoms with Crippen molar-refractivity contribution in [1.82, 2.24) is 4.90 Å². The molecule has 2 unspecified atom stereocenters. The lowest BCUT2D eigenvalue weighted by Crippen LogP contribution is -2.26. The van der Waals surface area contributed by atoms with E-state index in [0.717, 1.165) is 19.4 Å². The quantitative estimate of drug-likeness (QED) is 0.723. The van der Waals surface area contributed by atoms with Crippen LogP contribution >= 0.6 is 0 Å². The van der Waals surface area contributed by atoms with Gasteiger partial charge in [-0.25, -0.2) is 0 Å². The van der Waals surface area contributed by atoms with Crippen molar-refractivity contribution >= 4 is 6.41 Å². The van der Waals surface area contributed by atoms with Crippen molar-refractivity contribution in [3.63, 3.8) is 0 Å². The summed E-state index contributed by atoms with van der Waals surface area (Å²) in [6.45, 7) is 3.41.